The van der Waals surface area contributed by atoms with Crippen molar-refractivity contribution in [1.82, 2.24) is 5.32 Å². The van der Waals surface area contributed by atoms with Crippen LogP contribution in [0.1, 0.15) is 45.3 Å². The van der Waals surface area contributed by atoms with Crippen LogP contribution in [-0.2, 0) is 20.8 Å². The van der Waals surface area contributed by atoms with Gasteiger partial charge in [0.05, 0.1) is 24.8 Å². The second kappa shape index (κ2) is 5.34. The van der Waals surface area contributed by atoms with E-state index in [1.165, 1.54) is 19.3 Å². The molecule has 3 unspecified atom stereocenters. The van der Waals surface area contributed by atoms with Gasteiger partial charge in [0.1, 0.15) is 17.5 Å². The van der Waals surface area contributed by atoms with Gasteiger partial charge < -0.3 is 19.2 Å². The number of ether oxygens (including phenoxy) is 2. The molecule has 2 aliphatic heterocycles. The SMILES string of the molecule is C[C@H]1CCC[C@]2(C)C[C@H]3OC(=O)C(CNCc4ccco4)[C@H]3C3OC312. The van der Waals surface area contributed by atoms with Crippen LogP contribution in [0.3, 0.4) is 0 Å². The van der Waals surface area contributed by atoms with Gasteiger partial charge in [-0.2, -0.15) is 0 Å². The maximum Gasteiger partial charge on any atom is 0.311 e. The summed E-state index contributed by atoms with van der Waals surface area (Å²) in [5, 5.41) is 3.37. The summed E-state index contributed by atoms with van der Waals surface area (Å²) in [4.78, 5) is 12.5. The number of esters is 1. The Morgan fingerprint density at radius 3 is 3.08 bits per heavy atom. The fraction of sp³-hybridized carbons (Fsp3) is 0.750. The van der Waals surface area contributed by atoms with Crippen LogP contribution in [0.25, 0.3) is 0 Å². The number of nitrogens with one attached hydrogen (secondary N) is 1. The molecule has 5 rings (SSSR count). The molecule has 2 aliphatic carbocycles. The lowest BCUT2D eigenvalue weighted by atomic mass is 9.53. The molecule has 1 N–H and O–H groups in total. The van der Waals surface area contributed by atoms with Gasteiger partial charge in [-0.15, -0.1) is 0 Å². The van der Waals surface area contributed by atoms with Gasteiger partial charge in [-0.1, -0.05) is 20.3 Å². The molecule has 4 aliphatic rings. The van der Waals surface area contributed by atoms with Crippen molar-refractivity contribution < 1.29 is 18.7 Å². The van der Waals surface area contributed by atoms with Crippen molar-refractivity contribution >= 4 is 5.97 Å². The van der Waals surface area contributed by atoms with Crippen LogP contribution in [0.15, 0.2) is 22.8 Å². The monoisotopic (exact) mass is 345 g/mol. The fourth-order valence-electron chi connectivity index (χ4n) is 6.23. The van der Waals surface area contributed by atoms with Crippen molar-refractivity contribution in [3.8, 4) is 0 Å². The molecule has 5 heteroatoms. The fourth-order valence-corrected chi connectivity index (χ4v) is 6.23. The smallest absolute Gasteiger partial charge is 0.311 e. The zero-order chi connectivity index (χ0) is 17.2. The van der Waals surface area contributed by atoms with Crippen molar-refractivity contribution in [2.24, 2.45) is 23.2 Å². The van der Waals surface area contributed by atoms with Gasteiger partial charge in [0, 0.05) is 17.9 Å². The molecule has 0 aromatic carbocycles. The van der Waals surface area contributed by atoms with Crippen LogP contribution in [0.5, 0.6) is 0 Å². The largest absolute Gasteiger partial charge is 0.468 e. The molecule has 4 fully saturated rings. The van der Waals surface area contributed by atoms with Gasteiger partial charge >= 0.3 is 5.97 Å². The molecule has 25 heavy (non-hydrogen) atoms. The molecule has 2 saturated heterocycles. The van der Waals surface area contributed by atoms with Crippen molar-refractivity contribution in [3.05, 3.63) is 24.2 Å². The Hall–Kier alpha value is -1.33. The molecule has 0 bridgehead atoms. The molecule has 136 valence electrons. The lowest BCUT2D eigenvalue weighted by Gasteiger charge is -2.48. The van der Waals surface area contributed by atoms with E-state index in [4.69, 9.17) is 13.9 Å². The number of epoxide rings is 1. The van der Waals surface area contributed by atoms with E-state index < -0.39 is 0 Å². The van der Waals surface area contributed by atoms with Gasteiger partial charge in [0.15, 0.2) is 0 Å². The topological polar surface area (TPSA) is 64.0 Å². The van der Waals surface area contributed by atoms with Crippen LogP contribution >= 0.6 is 0 Å². The minimum atomic E-state index is -0.108. The quantitative estimate of drug-likeness (QED) is 0.671. The van der Waals surface area contributed by atoms with E-state index in [0.717, 1.165) is 12.2 Å². The molecule has 1 aromatic heterocycles. The first kappa shape index (κ1) is 15.9. The number of rotatable bonds is 4. The van der Waals surface area contributed by atoms with Crippen molar-refractivity contribution in [2.75, 3.05) is 6.54 Å². The van der Waals surface area contributed by atoms with Crippen LogP contribution in [0, 0.1) is 23.2 Å². The Morgan fingerprint density at radius 2 is 2.28 bits per heavy atom. The Bertz CT molecular complexity index is 673. The summed E-state index contributed by atoms with van der Waals surface area (Å²) < 4.78 is 17.6. The zero-order valence-corrected chi connectivity index (χ0v) is 15.0. The Kier molecular flexibility index (Phi) is 3.39. The van der Waals surface area contributed by atoms with Gasteiger partial charge in [-0.25, -0.2) is 0 Å². The van der Waals surface area contributed by atoms with E-state index in [2.05, 4.69) is 19.2 Å². The van der Waals surface area contributed by atoms with Crippen molar-refractivity contribution in [3.63, 3.8) is 0 Å². The first-order valence-electron chi connectivity index (χ1n) is 9.66. The Balaban J connectivity index is 1.33. The zero-order valence-electron chi connectivity index (χ0n) is 15.0. The summed E-state index contributed by atoms with van der Waals surface area (Å²) >= 11 is 0. The lowest BCUT2D eigenvalue weighted by Crippen LogP contribution is -2.54. The van der Waals surface area contributed by atoms with Crippen LogP contribution < -0.4 is 5.32 Å². The van der Waals surface area contributed by atoms with Crippen molar-refractivity contribution in [1.29, 1.82) is 0 Å². The lowest BCUT2D eigenvalue weighted by molar-refractivity contribution is -0.146. The third-order valence-electron chi connectivity index (χ3n) is 7.44. The second-order valence-corrected chi connectivity index (χ2v) is 8.76. The molecule has 5 nitrogen and oxygen atoms in total. The number of hydrogen-bond donors (Lipinski definition) is 1. The van der Waals surface area contributed by atoms with Crippen LogP contribution in [0.4, 0.5) is 0 Å². The minimum Gasteiger partial charge on any atom is -0.468 e. The normalized spacial score (nSPS) is 47.6. The molecular formula is C20H27NO4. The van der Waals surface area contributed by atoms with E-state index in [-0.39, 0.29) is 41.0 Å². The summed E-state index contributed by atoms with van der Waals surface area (Å²) in [6.07, 6.45) is 6.53. The highest BCUT2D eigenvalue weighted by atomic mass is 16.6. The van der Waals surface area contributed by atoms with Gasteiger partial charge in [-0.05, 0) is 37.3 Å². The van der Waals surface area contributed by atoms with E-state index in [0.29, 0.717) is 19.0 Å². The summed E-state index contributed by atoms with van der Waals surface area (Å²) in [6, 6.07) is 3.82. The molecule has 3 heterocycles. The van der Waals surface area contributed by atoms with Gasteiger partial charge in [-0.3, -0.25) is 4.79 Å². The van der Waals surface area contributed by atoms with Crippen LogP contribution in [-0.4, -0.2) is 30.3 Å². The van der Waals surface area contributed by atoms with E-state index >= 15 is 0 Å². The summed E-state index contributed by atoms with van der Waals surface area (Å²) in [5.74, 6) is 1.50. The predicted molar refractivity (Wildman–Crippen MR) is 90.6 cm³/mol. The van der Waals surface area contributed by atoms with E-state index in [1.807, 2.05) is 12.1 Å². The first-order chi connectivity index (χ1) is 12.1. The minimum absolute atomic E-state index is 0.0142. The molecule has 0 amide bonds. The molecular weight excluding hydrogens is 318 g/mol. The summed E-state index contributed by atoms with van der Waals surface area (Å²) in [5.41, 5.74) is 0.146. The number of carbonyl (C=O) groups excluding carboxylic acids is 1. The molecule has 2 saturated carbocycles. The molecule has 1 aromatic rings. The van der Waals surface area contributed by atoms with Crippen molar-refractivity contribution in [2.45, 2.75) is 63.9 Å². The molecule has 1 spiro atoms. The predicted octanol–water partition coefficient (Wildman–Crippen LogP) is 2.89. The Morgan fingerprint density at radius 1 is 1.40 bits per heavy atom. The maximum absolute atomic E-state index is 12.5. The molecule has 7 atom stereocenters. The van der Waals surface area contributed by atoms with Gasteiger partial charge in [0.2, 0.25) is 0 Å². The highest BCUT2D eigenvalue weighted by Gasteiger charge is 2.78. The number of fused-ring (bicyclic) bond motifs is 2. The highest BCUT2D eigenvalue weighted by Crippen LogP contribution is 2.70. The highest BCUT2D eigenvalue weighted by molar-refractivity contribution is 5.76. The first-order valence-corrected chi connectivity index (χ1v) is 9.66. The van der Waals surface area contributed by atoms with E-state index in [9.17, 15) is 4.79 Å². The summed E-state index contributed by atoms with van der Waals surface area (Å²) in [6.45, 7) is 5.95. The number of furan rings is 1. The number of hydrogen-bond acceptors (Lipinski definition) is 5. The third-order valence-corrected chi connectivity index (χ3v) is 7.44. The maximum atomic E-state index is 12.5. The van der Waals surface area contributed by atoms with Gasteiger partial charge in [0.25, 0.3) is 0 Å². The Labute approximate surface area is 148 Å². The molecule has 0 radical (unpaired) electrons. The van der Waals surface area contributed by atoms with Crippen LogP contribution in [0.2, 0.25) is 0 Å². The second-order valence-electron chi connectivity index (χ2n) is 8.76. The standard InChI is InChI=1S/C20H27NO4/c1-12-5-3-7-19(2)9-15-16(17-20(12,19)25-17)14(18(22)24-15)11-21-10-13-6-4-8-23-13/h4,6,8,12,14-17,21H,3,5,7,9-11H2,1-2H3/t12-,14?,15+,16+,17?,19+,20?/m0/s1. The number of carbonyl (C=O) groups is 1. The van der Waals surface area contributed by atoms with E-state index in [1.54, 1.807) is 6.26 Å². The average Bonchev–Trinajstić information content (AvgIpc) is 2.97. The average molecular weight is 345 g/mol. The third kappa shape index (κ3) is 2.12. The summed E-state index contributed by atoms with van der Waals surface area (Å²) in [7, 11) is 0.